The Bertz CT molecular complexity index is 575. The summed E-state index contributed by atoms with van der Waals surface area (Å²) in [6, 6.07) is 0. The molecule has 0 aromatic carbocycles. The number of oxime groups is 1. The van der Waals surface area contributed by atoms with Crippen LogP contribution in [0.2, 0.25) is 0 Å². The molecule has 0 aromatic rings. The van der Waals surface area contributed by atoms with Crippen LogP contribution in [0.5, 0.6) is 0 Å². The van der Waals surface area contributed by atoms with Crippen molar-refractivity contribution in [3.63, 3.8) is 0 Å². The van der Waals surface area contributed by atoms with Crippen molar-refractivity contribution in [1.82, 2.24) is 14.5 Å². The standard InChI is InChI=1S/C22H39N4O/c1-4-6-11-22(10-5-2,15-21-23-18-25(21)3)20-14-19(17-27-24-20)16-26-12-8-7-9-13-26/h18-19H,4-17H2,1-3H3/q+1. The third kappa shape index (κ3) is 5.14. The zero-order valence-corrected chi connectivity index (χ0v) is 17.8. The summed E-state index contributed by atoms with van der Waals surface area (Å²) >= 11 is 0. The molecule has 0 saturated carbocycles. The molecule has 3 aliphatic heterocycles. The molecule has 2 atom stereocenters. The molecule has 0 radical (unpaired) electrons. The molecule has 152 valence electrons. The van der Waals surface area contributed by atoms with E-state index in [2.05, 4.69) is 40.5 Å². The summed E-state index contributed by atoms with van der Waals surface area (Å²) in [4.78, 5) is 10.6. The van der Waals surface area contributed by atoms with Crippen molar-refractivity contribution in [3.8, 4) is 0 Å². The summed E-state index contributed by atoms with van der Waals surface area (Å²) < 4.78 is 4.55. The van der Waals surface area contributed by atoms with Crippen LogP contribution in [0.4, 0.5) is 0 Å². The minimum absolute atomic E-state index is 0.118. The quantitative estimate of drug-likeness (QED) is 0.547. The summed E-state index contributed by atoms with van der Waals surface area (Å²) in [7, 11) is 2.11. The molecule has 0 aromatic heterocycles. The number of hydrogen-bond donors (Lipinski definition) is 0. The number of piperidine rings is 1. The molecule has 3 heterocycles. The van der Waals surface area contributed by atoms with Gasteiger partial charge in [0.1, 0.15) is 6.61 Å². The molecule has 0 aliphatic carbocycles. The Kier molecular flexibility index (Phi) is 7.37. The van der Waals surface area contributed by atoms with Crippen LogP contribution in [0.15, 0.2) is 5.16 Å². The van der Waals surface area contributed by atoms with Gasteiger partial charge in [0.2, 0.25) is 0 Å². The predicted octanol–water partition coefficient (Wildman–Crippen LogP) is 3.67. The second-order valence-electron chi connectivity index (χ2n) is 8.85. The zero-order chi connectivity index (χ0) is 19.1. The van der Waals surface area contributed by atoms with Crippen molar-refractivity contribution in [2.24, 2.45) is 16.5 Å². The molecular formula is C22H39N4O+. The van der Waals surface area contributed by atoms with E-state index in [9.17, 15) is 0 Å². The molecule has 0 N–H and O–H groups in total. The van der Waals surface area contributed by atoms with E-state index in [4.69, 9.17) is 4.84 Å². The van der Waals surface area contributed by atoms with Crippen molar-refractivity contribution in [3.05, 3.63) is 0 Å². The molecule has 1 fully saturated rings. The van der Waals surface area contributed by atoms with Crippen LogP contribution in [0.3, 0.4) is 0 Å². The van der Waals surface area contributed by atoms with E-state index in [-0.39, 0.29) is 5.41 Å². The summed E-state index contributed by atoms with van der Waals surface area (Å²) in [6.07, 6.45) is 14.2. The fourth-order valence-electron chi connectivity index (χ4n) is 4.94. The van der Waals surface area contributed by atoms with Gasteiger partial charge in [-0.2, -0.15) is 0 Å². The molecule has 3 aliphatic rings. The van der Waals surface area contributed by atoms with Gasteiger partial charge in [-0.1, -0.05) is 44.7 Å². The maximum Gasteiger partial charge on any atom is 0.294 e. The van der Waals surface area contributed by atoms with Crippen molar-refractivity contribution in [2.45, 2.75) is 78.1 Å². The fourth-order valence-corrected chi connectivity index (χ4v) is 4.94. The average molecular weight is 376 g/mol. The van der Waals surface area contributed by atoms with E-state index < -0.39 is 0 Å². The smallest absolute Gasteiger partial charge is 0.294 e. The van der Waals surface area contributed by atoms with Gasteiger partial charge in [-0.25, -0.2) is 9.57 Å². The number of nitrogens with zero attached hydrogens (tertiary/aromatic N) is 4. The van der Waals surface area contributed by atoms with Gasteiger partial charge in [0.05, 0.1) is 19.2 Å². The fraction of sp³-hybridized carbons (Fsp3) is 0.864. The van der Waals surface area contributed by atoms with Crippen LogP contribution in [0.25, 0.3) is 0 Å². The Balaban J connectivity index is 1.73. The summed E-state index contributed by atoms with van der Waals surface area (Å²) in [5.41, 5.74) is 1.43. The summed E-state index contributed by atoms with van der Waals surface area (Å²) in [5, 5.41) is 4.67. The number of rotatable bonds is 10. The first kappa shape index (κ1) is 20.4. The number of likely N-dealkylation sites (tertiary alicyclic amines) is 1. The van der Waals surface area contributed by atoms with Gasteiger partial charge in [-0.3, -0.25) is 0 Å². The van der Waals surface area contributed by atoms with Crippen LogP contribution in [0, 0.1) is 11.3 Å². The summed E-state index contributed by atoms with van der Waals surface area (Å²) in [6.45, 7) is 9.06. The van der Waals surface area contributed by atoms with Crippen molar-refractivity contribution in [2.75, 3.05) is 33.3 Å². The highest BCUT2D eigenvalue weighted by Gasteiger charge is 2.42. The van der Waals surface area contributed by atoms with Crippen LogP contribution in [-0.2, 0) is 4.84 Å². The molecule has 1 saturated heterocycles. The van der Waals surface area contributed by atoms with Crippen LogP contribution in [0.1, 0.15) is 78.1 Å². The minimum Gasteiger partial charge on any atom is -0.395 e. The van der Waals surface area contributed by atoms with Crippen molar-refractivity contribution in [1.29, 1.82) is 0 Å². The lowest BCUT2D eigenvalue weighted by Gasteiger charge is -2.39. The Morgan fingerprint density at radius 2 is 2.00 bits per heavy atom. The van der Waals surface area contributed by atoms with Crippen LogP contribution in [-0.4, -0.2) is 61.0 Å². The first-order valence-electron chi connectivity index (χ1n) is 11.2. The van der Waals surface area contributed by atoms with Crippen LogP contribution >= 0.6 is 0 Å². The maximum atomic E-state index is 5.83. The highest BCUT2D eigenvalue weighted by molar-refractivity contribution is 6.02. The number of unbranched alkanes of at least 4 members (excludes halogenated alkanes) is 1. The Morgan fingerprint density at radius 1 is 1.19 bits per heavy atom. The van der Waals surface area contributed by atoms with E-state index in [0.29, 0.717) is 5.92 Å². The first-order chi connectivity index (χ1) is 13.2. The second-order valence-corrected chi connectivity index (χ2v) is 8.85. The normalized spacial score (nSPS) is 25.3. The lowest BCUT2D eigenvalue weighted by molar-refractivity contribution is 0.0644. The monoisotopic (exact) mass is 375 g/mol. The minimum atomic E-state index is 0.118. The molecule has 3 rings (SSSR count). The molecule has 2 unspecified atom stereocenters. The maximum absolute atomic E-state index is 5.83. The molecule has 27 heavy (non-hydrogen) atoms. The first-order valence-corrected chi connectivity index (χ1v) is 11.2. The lowest BCUT2D eigenvalue weighted by atomic mass is 9.69. The van der Waals surface area contributed by atoms with Gasteiger partial charge in [0, 0.05) is 17.9 Å². The highest BCUT2D eigenvalue weighted by Crippen LogP contribution is 2.40. The van der Waals surface area contributed by atoms with Crippen LogP contribution < -0.4 is 4.67 Å². The highest BCUT2D eigenvalue weighted by atomic mass is 16.6. The topological polar surface area (TPSA) is 42.2 Å². The van der Waals surface area contributed by atoms with E-state index in [1.165, 1.54) is 82.5 Å². The number of hydrogen-bond acceptors (Lipinski definition) is 4. The van der Waals surface area contributed by atoms with E-state index >= 15 is 0 Å². The van der Waals surface area contributed by atoms with Gasteiger partial charge >= 0.3 is 0 Å². The Morgan fingerprint density at radius 3 is 2.63 bits per heavy atom. The lowest BCUT2D eigenvalue weighted by Crippen LogP contribution is -2.46. The summed E-state index contributed by atoms with van der Waals surface area (Å²) in [5.74, 6) is 1.79. The van der Waals surface area contributed by atoms with E-state index in [1.807, 2.05) is 6.34 Å². The van der Waals surface area contributed by atoms with Gasteiger partial charge in [0.15, 0.2) is 0 Å². The molecular weight excluding hydrogens is 336 g/mol. The van der Waals surface area contributed by atoms with E-state index in [1.54, 1.807) is 0 Å². The molecule has 0 amide bonds. The Hall–Kier alpha value is -1.32. The second kappa shape index (κ2) is 9.75. The van der Waals surface area contributed by atoms with Gasteiger partial charge in [0.25, 0.3) is 12.2 Å². The average Bonchev–Trinajstić information content (AvgIpc) is 2.70. The van der Waals surface area contributed by atoms with Crippen molar-refractivity contribution < 1.29 is 4.84 Å². The van der Waals surface area contributed by atoms with Crippen molar-refractivity contribution >= 4 is 17.9 Å². The predicted molar refractivity (Wildman–Crippen MR) is 114 cm³/mol. The third-order valence-electron chi connectivity index (χ3n) is 6.57. The third-order valence-corrected chi connectivity index (χ3v) is 6.57. The largest absolute Gasteiger partial charge is 0.395 e. The molecule has 5 heteroatoms. The molecule has 0 spiro atoms. The zero-order valence-electron chi connectivity index (χ0n) is 17.8. The van der Waals surface area contributed by atoms with Gasteiger partial charge < -0.3 is 9.74 Å². The SMILES string of the molecule is CCCCC(CCC)(CC1=[N+]=CN1C)C1=NOCC(CN2CCCCC2)C1. The molecule has 0 bridgehead atoms. The molecule has 5 nitrogen and oxygen atoms in total. The Labute approximate surface area is 165 Å². The van der Waals surface area contributed by atoms with E-state index in [0.717, 1.165) is 19.4 Å². The van der Waals surface area contributed by atoms with Gasteiger partial charge in [-0.05, 0) is 45.2 Å². The number of amidine groups is 1. The van der Waals surface area contributed by atoms with Gasteiger partial charge in [-0.15, -0.1) is 0 Å².